The number of para-hydroxylation sites is 1. The molecule has 1 heterocycles. The van der Waals surface area contributed by atoms with Crippen LogP contribution in [0.3, 0.4) is 0 Å². The number of carbonyl (C=O) groups is 2. The largest absolute Gasteiger partial charge is 0.445 e. The zero-order valence-electron chi connectivity index (χ0n) is 16.7. The molecule has 0 unspecified atom stereocenters. The van der Waals surface area contributed by atoms with Crippen molar-refractivity contribution >= 4 is 34.0 Å². The second kappa shape index (κ2) is 9.02. The topological polar surface area (TPSA) is 72.6 Å². The molecule has 0 aliphatic rings. The fourth-order valence-corrected chi connectivity index (χ4v) is 3.30. The first kappa shape index (κ1) is 20.6. The highest BCUT2D eigenvalue weighted by atomic mass is 35.5. The number of fused-ring (bicyclic) bond motifs is 1. The van der Waals surface area contributed by atoms with E-state index in [1.165, 1.54) is 4.90 Å². The summed E-state index contributed by atoms with van der Waals surface area (Å²) in [5, 5.41) is -0.581. The first-order valence-corrected chi connectivity index (χ1v) is 9.99. The van der Waals surface area contributed by atoms with E-state index in [1.807, 2.05) is 54.6 Å². The SMILES string of the molecule is CN(Cc1ccc(-c2nc3c(C(=O)Cl)cccc3o2)cc1)C(=O)OCc1ccccc1. The van der Waals surface area contributed by atoms with Crippen LogP contribution in [-0.4, -0.2) is 28.3 Å². The molecule has 0 saturated carbocycles. The van der Waals surface area contributed by atoms with E-state index >= 15 is 0 Å². The van der Waals surface area contributed by atoms with E-state index in [4.69, 9.17) is 20.8 Å². The van der Waals surface area contributed by atoms with E-state index in [2.05, 4.69) is 4.98 Å². The van der Waals surface area contributed by atoms with Gasteiger partial charge in [0, 0.05) is 19.2 Å². The van der Waals surface area contributed by atoms with Crippen LogP contribution < -0.4 is 0 Å². The van der Waals surface area contributed by atoms with Gasteiger partial charge in [-0.1, -0.05) is 48.5 Å². The number of hydrogen-bond donors (Lipinski definition) is 0. The van der Waals surface area contributed by atoms with Gasteiger partial charge in [0.05, 0.1) is 5.56 Å². The van der Waals surface area contributed by atoms with Crippen molar-refractivity contribution in [1.29, 1.82) is 0 Å². The Morgan fingerprint density at radius 3 is 2.42 bits per heavy atom. The molecular formula is C24H19ClN2O4. The highest BCUT2D eigenvalue weighted by molar-refractivity contribution is 6.68. The van der Waals surface area contributed by atoms with E-state index in [1.54, 1.807) is 25.2 Å². The number of oxazole rings is 1. The summed E-state index contributed by atoms with van der Waals surface area (Å²) >= 11 is 5.63. The van der Waals surface area contributed by atoms with Crippen molar-refractivity contribution in [3.05, 3.63) is 89.5 Å². The number of ether oxygens (including phenoxy) is 1. The smallest absolute Gasteiger partial charge is 0.410 e. The van der Waals surface area contributed by atoms with Crippen molar-refractivity contribution in [3.8, 4) is 11.5 Å². The van der Waals surface area contributed by atoms with Crippen LogP contribution in [0.15, 0.2) is 77.2 Å². The van der Waals surface area contributed by atoms with Crippen molar-refractivity contribution in [1.82, 2.24) is 9.88 Å². The highest BCUT2D eigenvalue weighted by Gasteiger charge is 2.15. The Bertz CT molecular complexity index is 1220. The lowest BCUT2D eigenvalue weighted by molar-refractivity contribution is 0.102. The van der Waals surface area contributed by atoms with Crippen LogP contribution in [0.25, 0.3) is 22.6 Å². The monoisotopic (exact) mass is 434 g/mol. The Morgan fingerprint density at radius 2 is 1.71 bits per heavy atom. The molecule has 4 aromatic rings. The van der Waals surface area contributed by atoms with Gasteiger partial charge in [0.25, 0.3) is 5.24 Å². The van der Waals surface area contributed by atoms with E-state index in [9.17, 15) is 9.59 Å². The molecule has 0 radical (unpaired) electrons. The molecule has 0 fully saturated rings. The number of rotatable bonds is 6. The predicted octanol–water partition coefficient (Wildman–Crippen LogP) is 5.64. The van der Waals surface area contributed by atoms with E-state index in [-0.39, 0.29) is 6.61 Å². The molecule has 6 nitrogen and oxygen atoms in total. The minimum Gasteiger partial charge on any atom is -0.445 e. The summed E-state index contributed by atoms with van der Waals surface area (Å²) in [5.41, 5.74) is 3.85. The van der Waals surface area contributed by atoms with Gasteiger partial charge < -0.3 is 14.1 Å². The molecule has 0 atom stereocenters. The van der Waals surface area contributed by atoms with Crippen molar-refractivity contribution in [2.45, 2.75) is 13.2 Å². The van der Waals surface area contributed by atoms with E-state index in [0.717, 1.165) is 16.7 Å². The van der Waals surface area contributed by atoms with Crippen LogP contribution in [-0.2, 0) is 17.9 Å². The third-order valence-electron chi connectivity index (χ3n) is 4.77. The first-order chi connectivity index (χ1) is 15.0. The maximum absolute atomic E-state index is 12.2. The summed E-state index contributed by atoms with van der Waals surface area (Å²) in [6, 6.07) is 22.1. The molecule has 4 rings (SSSR count). The zero-order valence-corrected chi connectivity index (χ0v) is 17.5. The van der Waals surface area contributed by atoms with Gasteiger partial charge in [-0.3, -0.25) is 4.79 Å². The molecule has 156 valence electrons. The molecule has 1 aromatic heterocycles. The number of carbonyl (C=O) groups excluding carboxylic acids is 2. The van der Waals surface area contributed by atoms with Crippen molar-refractivity contribution in [2.75, 3.05) is 7.05 Å². The van der Waals surface area contributed by atoms with Gasteiger partial charge in [0.2, 0.25) is 5.89 Å². The third-order valence-corrected chi connectivity index (χ3v) is 4.97. The predicted molar refractivity (Wildman–Crippen MR) is 118 cm³/mol. The Morgan fingerprint density at radius 1 is 0.968 bits per heavy atom. The first-order valence-electron chi connectivity index (χ1n) is 9.62. The summed E-state index contributed by atoms with van der Waals surface area (Å²) in [4.78, 5) is 29.7. The normalized spacial score (nSPS) is 10.8. The van der Waals surface area contributed by atoms with Crippen molar-refractivity contribution in [3.63, 3.8) is 0 Å². The van der Waals surface area contributed by atoms with Crippen molar-refractivity contribution < 1.29 is 18.7 Å². The Balaban J connectivity index is 1.42. The fourth-order valence-electron chi connectivity index (χ4n) is 3.15. The van der Waals surface area contributed by atoms with E-state index < -0.39 is 11.3 Å². The van der Waals surface area contributed by atoms with Gasteiger partial charge in [-0.05, 0) is 47.0 Å². The molecular weight excluding hydrogens is 416 g/mol. The molecule has 1 amide bonds. The zero-order chi connectivity index (χ0) is 21.8. The Hall–Kier alpha value is -3.64. The summed E-state index contributed by atoms with van der Waals surface area (Å²) in [5.74, 6) is 0.391. The average molecular weight is 435 g/mol. The number of benzene rings is 3. The van der Waals surface area contributed by atoms with Crippen LogP contribution in [0.5, 0.6) is 0 Å². The van der Waals surface area contributed by atoms with E-state index in [0.29, 0.717) is 29.1 Å². The number of amides is 1. The Kier molecular flexibility index (Phi) is 6.00. The summed E-state index contributed by atoms with van der Waals surface area (Å²) in [7, 11) is 1.69. The third kappa shape index (κ3) is 4.75. The molecule has 7 heteroatoms. The average Bonchev–Trinajstić information content (AvgIpc) is 3.23. The molecule has 0 spiro atoms. The summed E-state index contributed by atoms with van der Waals surface area (Å²) < 4.78 is 11.1. The van der Waals surface area contributed by atoms with Gasteiger partial charge >= 0.3 is 6.09 Å². The minimum atomic E-state index is -0.581. The maximum atomic E-state index is 12.2. The molecule has 3 aromatic carbocycles. The lowest BCUT2D eigenvalue weighted by atomic mass is 10.1. The number of halogens is 1. The second-order valence-corrected chi connectivity index (χ2v) is 7.38. The molecule has 0 aliphatic heterocycles. The van der Waals surface area contributed by atoms with Gasteiger partial charge in [0.1, 0.15) is 12.1 Å². The quantitative estimate of drug-likeness (QED) is 0.367. The molecule has 0 aliphatic carbocycles. The van der Waals surface area contributed by atoms with Gasteiger partial charge in [-0.25, -0.2) is 9.78 Å². The van der Waals surface area contributed by atoms with Gasteiger partial charge in [-0.15, -0.1) is 0 Å². The van der Waals surface area contributed by atoms with Crippen LogP contribution in [0.2, 0.25) is 0 Å². The Labute approximate surface area is 184 Å². The number of hydrogen-bond acceptors (Lipinski definition) is 5. The maximum Gasteiger partial charge on any atom is 0.410 e. The fraction of sp³-hybridized carbons (Fsp3) is 0.125. The van der Waals surface area contributed by atoms with Crippen LogP contribution >= 0.6 is 11.6 Å². The minimum absolute atomic E-state index is 0.230. The standard InChI is InChI=1S/C24H19ClN2O4/c1-27(24(29)30-15-17-6-3-2-4-7-17)14-16-10-12-18(13-11-16)23-26-21-19(22(25)28)8-5-9-20(21)31-23/h2-13H,14-15H2,1H3. The number of aromatic nitrogens is 1. The molecule has 0 N–H and O–H groups in total. The van der Waals surface area contributed by atoms with Gasteiger partial charge in [0.15, 0.2) is 5.58 Å². The lowest BCUT2D eigenvalue weighted by Crippen LogP contribution is -2.26. The molecule has 31 heavy (non-hydrogen) atoms. The number of nitrogens with zero attached hydrogens (tertiary/aromatic N) is 2. The highest BCUT2D eigenvalue weighted by Crippen LogP contribution is 2.27. The summed E-state index contributed by atoms with van der Waals surface area (Å²) in [6.07, 6.45) is -0.398. The lowest BCUT2D eigenvalue weighted by Gasteiger charge is -2.17. The van der Waals surface area contributed by atoms with Gasteiger partial charge in [-0.2, -0.15) is 0 Å². The van der Waals surface area contributed by atoms with Crippen molar-refractivity contribution in [2.24, 2.45) is 0 Å². The van der Waals surface area contributed by atoms with Crippen LogP contribution in [0.1, 0.15) is 21.5 Å². The van der Waals surface area contributed by atoms with Crippen LogP contribution in [0, 0.1) is 0 Å². The summed E-state index contributed by atoms with van der Waals surface area (Å²) in [6.45, 7) is 0.625. The molecule has 0 bridgehead atoms. The second-order valence-electron chi connectivity index (χ2n) is 7.04. The van der Waals surface area contributed by atoms with Crippen LogP contribution in [0.4, 0.5) is 4.79 Å². The molecule has 0 saturated heterocycles.